The van der Waals surface area contributed by atoms with Gasteiger partial charge in [0.25, 0.3) is 0 Å². The van der Waals surface area contributed by atoms with Crippen LogP contribution in [0.15, 0.2) is 24.3 Å². The van der Waals surface area contributed by atoms with Gasteiger partial charge in [0, 0.05) is 6.42 Å². The second-order valence-corrected chi connectivity index (χ2v) is 3.84. The van der Waals surface area contributed by atoms with Crippen molar-refractivity contribution in [2.24, 2.45) is 0 Å². The van der Waals surface area contributed by atoms with E-state index in [1.165, 1.54) is 12.1 Å². The molecule has 0 radical (unpaired) electrons. The van der Waals surface area contributed by atoms with Crippen LogP contribution in [-0.2, 0) is 17.3 Å². The first kappa shape index (κ1) is 15.0. The number of alkyl halides is 3. The molecule has 1 aromatic carbocycles. The predicted molar refractivity (Wildman–Crippen MR) is 61.2 cm³/mol. The Balaban J connectivity index is 2.42. The molecule has 1 aromatic rings. The SMILES string of the molecule is N=C(CCCc1ccc(C(F)(F)F)cc1)OC(=O)O. The molecule has 0 atom stereocenters. The van der Waals surface area contributed by atoms with Gasteiger partial charge in [-0.1, -0.05) is 12.1 Å². The summed E-state index contributed by atoms with van der Waals surface area (Å²) in [6, 6.07) is 4.72. The quantitative estimate of drug-likeness (QED) is 0.500. The third-order valence-electron chi connectivity index (χ3n) is 2.36. The lowest BCUT2D eigenvalue weighted by Crippen LogP contribution is -2.09. The van der Waals surface area contributed by atoms with E-state index in [1.54, 1.807) is 0 Å². The molecule has 0 saturated carbocycles. The molecule has 0 aliphatic rings. The maximum absolute atomic E-state index is 12.3. The minimum absolute atomic E-state index is 0.118. The minimum atomic E-state index is -4.35. The molecule has 0 unspecified atom stereocenters. The third kappa shape index (κ3) is 5.41. The van der Waals surface area contributed by atoms with Crippen molar-refractivity contribution in [3.05, 3.63) is 35.4 Å². The van der Waals surface area contributed by atoms with E-state index in [1.807, 2.05) is 0 Å². The van der Waals surface area contributed by atoms with Crippen LogP contribution in [0.3, 0.4) is 0 Å². The number of halogens is 3. The van der Waals surface area contributed by atoms with E-state index in [-0.39, 0.29) is 12.3 Å². The fraction of sp³-hybridized carbons (Fsp3) is 0.333. The Bertz CT molecular complexity index is 454. The van der Waals surface area contributed by atoms with Gasteiger partial charge < -0.3 is 9.84 Å². The fourth-order valence-electron chi connectivity index (χ4n) is 1.47. The highest BCUT2D eigenvalue weighted by Gasteiger charge is 2.29. The van der Waals surface area contributed by atoms with Gasteiger partial charge in [-0.25, -0.2) is 4.79 Å². The summed E-state index contributed by atoms with van der Waals surface area (Å²) in [4.78, 5) is 10.1. The maximum atomic E-state index is 12.3. The Morgan fingerprint density at radius 3 is 2.32 bits per heavy atom. The van der Waals surface area contributed by atoms with Gasteiger partial charge in [0.2, 0.25) is 0 Å². The first-order valence-electron chi connectivity index (χ1n) is 5.43. The summed E-state index contributed by atoms with van der Waals surface area (Å²) in [6.45, 7) is 0. The number of rotatable bonds is 4. The molecule has 0 aliphatic heterocycles. The van der Waals surface area contributed by atoms with Crippen molar-refractivity contribution in [3.63, 3.8) is 0 Å². The Morgan fingerprint density at radius 2 is 1.84 bits per heavy atom. The molecule has 0 bridgehead atoms. The van der Waals surface area contributed by atoms with Crippen molar-refractivity contribution in [3.8, 4) is 0 Å². The summed E-state index contributed by atoms with van der Waals surface area (Å²) >= 11 is 0. The van der Waals surface area contributed by atoms with Crippen molar-refractivity contribution >= 4 is 12.1 Å². The molecule has 0 amide bonds. The molecule has 1 rings (SSSR count). The van der Waals surface area contributed by atoms with Gasteiger partial charge in [-0.2, -0.15) is 13.2 Å². The van der Waals surface area contributed by atoms with Gasteiger partial charge >= 0.3 is 12.3 Å². The predicted octanol–water partition coefficient (Wildman–Crippen LogP) is 3.70. The van der Waals surface area contributed by atoms with Gasteiger partial charge in [0.15, 0.2) is 5.90 Å². The van der Waals surface area contributed by atoms with Gasteiger partial charge in [-0.3, -0.25) is 5.41 Å². The second kappa shape index (κ2) is 6.21. The van der Waals surface area contributed by atoms with Crippen LogP contribution in [0.25, 0.3) is 0 Å². The zero-order valence-corrected chi connectivity index (χ0v) is 9.83. The van der Waals surface area contributed by atoms with Crippen LogP contribution in [0, 0.1) is 5.41 Å². The lowest BCUT2D eigenvalue weighted by atomic mass is 10.1. The molecule has 0 fully saturated rings. The molecule has 0 aromatic heterocycles. The van der Waals surface area contributed by atoms with E-state index >= 15 is 0 Å². The largest absolute Gasteiger partial charge is 0.512 e. The summed E-state index contributed by atoms with van der Waals surface area (Å²) in [5.41, 5.74) is -0.0191. The maximum Gasteiger partial charge on any atom is 0.512 e. The summed E-state index contributed by atoms with van der Waals surface area (Å²) in [6.07, 6.45) is -4.90. The molecule has 2 N–H and O–H groups in total. The molecule has 0 spiro atoms. The van der Waals surface area contributed by atoms with Crippen molar-refractivity contribution in [1.82, 2.24) is 0 Å². The van der Waals surface area contributed by atoms with Crippen LogP contribution in [-0.4, -0.2) is 17.2 Å². The van der Waals surface area contributed by atoms with Crippen molar-refractivity contribution in [2.45, 2.75) is 25.4 Å². The highest BCUT2D eigenvalue weighted by Crippen LogP contribution is 2.29. The Labute approximate surface area is 107 Å². The third-order valence-corrected chi connectivity index (χ3v) is 2.36. The van der Waals surface area contributed by atoms with Gasteiger partial charge in [-0.05, 0) is 30.5 Å². The van der Waals surface area contributed by atoms with Crippen LogP contribution < -0.4 is 0 Å². The number of aryl methyl sites for hydroxylation is 1. The van der Waals surface area contributed by atoms with Gasteiger partial charge in [0.1, 0.15) is 0 Å². The van der Waals surface area contributed by atoms with Crippen LogP contribution >= 0.6 is 0 Å². The van der Waals surface area contributed by atoms with E-state index in [4.69, 9.17) is 10.5 Å². The Hall–Kier alpha value is -2.05. The average molecular weight is 275 g/mol. The number of hydrogen-bond acceptors (Lipinski definition) is 3. The number of carboxylic acid groups (broad SMARTS) is 1. The van der Waals surface area contributed by atoms with Crippen LogP contribution in [0.5, 0.6) is 0 Å². The monoisotopic (exact) mass is 275 g/mol. The minimum Gasteiger partial charge on any atom is -0.449 e. The first-order valence-corrected chi connectivity index (χ1v) is 5.43. The first-order chi connectivity index (χ1) is 8.79. The normalized spacial score (nSPS) is 11.1. The Kier molecular flexibility index (Phi) is 4.91. The number of ether oxygens (including phenoxy) is 1. The molecular formula is C12H12F3NO3. The van der Waals surface area contributed by atoms with Crippen molar-refractivity contribution in [2.75, 3.05) is 0 Å². The van der Waals surface area contributed by atoms with Gasteiger partial charge in [0.05, 0.1) is 5.56 Å². The summed E-state index contributed by atoms with van der Waals surface area (Å²) in [5.74, 6) is -0.376. The van der Waals surface area contributed by atoms with Crippen molar-refractivity contribution < 1.29 is 27.8 Å². The standard InChI is InChI=1S/C12H12F3NO3/c13-12(14,15)9-6-4-8(5-7-9)2-1-3-10(16)19-11(17)18/h4-7,16H,1-3H2,(H,17,18). The number of hydrogen-bond donors (Lipinski definition) is 2. The molecule has 0 heterocycles. The van der Waals surface area contributed by atoms with E-state index in [0.29, 0.717) is 18.4 Å². The number of carbonyl (C=O) groups is 1. The van der Waals surface area contributed by atoms with Crippen LogP contribution in [0.1, 0.15) is 24.0 Å². The highest BCUT2D eigenvalue weighted by atomic mass is 19.4. The zero-order valence-electron chi connectivity index (χ0n) is 9.83. The van der Waals surface area contributed by atoms with Gasteiger partial charge in [-0.15, -0.1) is 0 Å². The fourth-order valence-corrected chi connectivity index (χ4v) is 1.47. The lowest BCUT2D eigenvalue weighted by molar-refractivity contribution is -0.137. The number of benzene rings is 1. The zero-order chi connectivity index (χ0) is 14.5. The molecule has 7 heteroatoms. The molecule has 0 saturated heterocycles. The van der Waals surface area contributed by atoms with E-state index < -0.39 is 17.9 Å². The molecular weight excluding hydrogens is 263 g/mol. The smallest absolute Gasteiger partial charge is 0.449 e. The molecule has 4 nitrogen and oxygen atoms in total. The summed E-state index contributed by atoms with van der Waals surface area (Å²) in [5, 5.41) is 15.4. The lowest BCUT2D eigenvalue weighted by Gasteiger charge is -2.07. The van der Waals surface area contributed by atoms with Crippen LogP contribution in [0.4, 0.5) is 18.0 Å². The number of nitrogens with one attached hydrogen (secondary N) is 1. The summed E-state index contributed by atoms with van der Waals surface area (Å²) in [7, 11) is 0. The van der Waals surface area contributed by atoms with E-state index in [0.717, 1.165) is 12.1 Å². The molecule has 104 valence electrons. The van der Waals surface area contributed by atoms with E-state index in [9.17, 15) is 18.0 Å². The molecule has 19 heavy (non-hydrogen) atoms. The average Bonchev–Trinajstić information content (AvgIpc) is 2.27. The molecule has 0 aliphatic carbocycles. The van der Waals surface area contributed by atoms with Crippen LogP contribution in [0.2, 0.25) is 0 Å². The highest BCUT2D eigenvalue weighted by molar-refractivity contribution is 5.82. The van der Waals surface area contributed by atoms with Crippen molar-refractivity contribution in [1.29, 1.82) is 5.41 Å². The topological polar surface area (TPSA) is 70.4 Å². The Morgan fingerprint density at radius 1 is 1.26 bits per heavy atom. The van der Waals surface area contributed by atoms with E-state index in [2.05, 4.69) is 4.74 Å². The second-order valence-electron chi connectivity index (χ2n) is 3.84. The summed E-state index contributed by atoms with van der Waals surface area (Å²) < 4.78 is 41.0.